The van der Waals surface area contributed by atoms with E-state index < -0.39 is 20.9 Å². The Kier molecular flexibility index (Phi) is 10.2. The van der Waals surface area contributed by atoms with Crippen LogP contribution in [0.5, 0.6) is 11.5 Å². The number of aromatic nitrogens is 1. The lowest BCUT2D eigenvalue weighted by Crippen LogP contribution is -2.29. The van der Waals surface area contributed by atoms with Crippen molar-refractivity contribution in [2.24, 2.45) is 0 Å². The number of thiol groups is 1. The van der Waals surface area contributed by atoms with Crippen molar-refractivity contribution in [1.82, 2.24) is 4.57 Å². The first-order valence-corrected chi connectivity index (χ1v) is 28.9. The summed E-state index contributed by atoms with van der Waals surface area (Å²) in [6, 6.07) is 65.6. The van der Waals surface area contributed by atoms with Crippen LogP contribution < -0.4 is 9.64 Å². The fourth-order valence-electron chi connectivity index (χ4n) is 12.1. The van der Waals surface area contributed by atoms with Gasteiger partial charge in [0.1, 0.15) is 11.5 Å². The van der Waals surface area contributed by atoms with Crippen molar-refractivity contribution in [3.63, 3.8) is 0 Å². The van der Waals surface area contributed by atoms with E-state index >= 15 is 0 Å². The third kappa shape index (κ3) is 6.87. The number of ether oxygens (including phenoxy) is 1. The summed E-state index contributed by atoms with van der Waals surface area (Å²) >= 11 is 0. The molecule has 0 fully saturated rings. The number of nitrogens with zero attached hydrogens (tertiary/aromatic N) is 2. The molecule has 0 bridgehead atoms. The first kappa shape index (κ1) is 45.2. The van der Waals surface area contributed by atoms with Gasteiger partial charge in [0, 0.05) is 49.7 Å². The Labute approximate surface area is 430 Å². The summed E-state index contributed by atoms with van der Waals surface area (Å²) < 4.78 is 10.0. The zero-order chi connectivity index (χ0) is 49.5. The number of para-hydroxylation sites is 1. The Bertz CT molecular complexity index is 3620. The number of fused-ring (bicyclic) bond motifs is 10. The molecule has 13 rings (SSSR count). The molecule has 3 atom stereocenters. The zero-order valence-electron chi connectivity index (χ0n) is 43.0. The van der Waals surface area contributed by atoms with E-state index in [9.17, 15) is 0 Å². The molecular formula is C67H64N2OS2. The Balaban J connectivity index is 1.10. The molecule has 0 N–H and O–H groups in total. The van der Waals surface area contributed by atoms with Gasteiger partial charge in [-0.25, -0.2) is 0 Å². The number of benzene rings is 8. The molecule has 3 nitrogen and oxygen atoms in total. The number of rotatable bonds is 6. The van der Waals surface area contributed by atoms with Gasteiger partial charge in [-0.05, 0) is 138 Å². The average Bonchev–Trinajstić information content (AvgIpc) is 3.90. The Morgan fingerprint density at radius 2 is 1.11 bits per heavy atom. The molecular weight excluding hydrogens is 913 g/mol. The van der Waals surface area contributed by atoms with Gasteiger partial charge in [-0.15, -0.1) is 0 Å². The van der Waals surface area contributed by atoms with Gasteiger partial charge in [0.15, 0.2) is 0 Å². The molecule has 4 heterocycles. The zero-order valence-corrected chi connectivity index (χ0v) is 44.7. The van der Waals surface area contributed by atoms with Crippen LogP contribution in [0.15, 0.2) is 224 Å². The molecule has 0 radical (unpaired) electrons. The first-order valence-electron chi connectivity index (χ1n) is 25.8. The van der Waals surface area contributed by atoms with Crippen LogP contribution in [0.4, 0.5) is 11.4 Å². The summed E-state index contributed by atoms with van der Waals surface area (Å²) in [5.41, 5.74) is 13.0. The lowest BCUT2D eigenvalue weighted by molar-refractivity contribution is 0.451. The predicted octanol–water partition coefficient (Wildman–Crippen LogP) is 18.8. The average molecular weight is 977 g/mol. The van der Waals surface area contributed by atoms with Crippen LogP contribution in [0.2, 0.25) is 0 Å². The summed E-state index contributed by atoms with van der Waals surface area (Å²) in [7, 11) is -2.83. The normalized spacial score (nSPS) is 18.4. The maximum Gasteiger partial charge on any atom is 0.144 e. The van der Waals surface area contributed by atoms with Gasteiger partial charge < -0.3 is 14.2 Å². The van der Waals surface area contributed by atoms with Crippen molar-refractivity contribution >= 4 is 54.1 Å². The number of anilines is 2. The summed E-state index contributed by atoms with van der Waals surface area (Å²) in [4.78, 5) is 10.8. The molecule has 3 aliphatic heterocycles. The largest absolute Gasteiger partial charge is 0.455 e. The molecule has 8 aromatic carbocycles. The maximum atomic E-state index is 7.41. The second-order valence-corrected chi connectivity index (χ2v) is 28.7. The topological polar surface area (TPSA) is 17.4 Å². The highest BCUT2D eigenvalue weighted by Gasteiger charge is 2.44. The van der Waals surface area contributed by atoms with Crippen molar-refractivity contribution in [1.29, 1.82) is 0 Å². The number of allylic oxidation sites excluding steroid dienone is 2. The van der Waals surface area contributed by atoms with Crippen LogP contribution in [0.25, 0.3) is 27.5 Å². The molecule has 0 spiro atoms. The minimum Gasteiger partial charge on any atom is -0.455 e. The summed E-state index contributed by atoms with van der Waals surface area (Å²) in [6.45, 7) is 21.1. The summed E-state index contributed by atoms with van der Waals surface area (Å²) in [5, 5.41) is 2.66. The summed E-state index contributed by atoms with van der Waals surface area (Å²) in [5.74, 6) is 2.98. The van der Waals surface area contributed by atoms with Gasteiger partial charge in [0.05, 0.1) is 27.7 Å². The standard InChI is InChI=1S/C67H64N2OS2/c1-65(2,3)44-32-34-56-53(36-44)54-37-46(67(7,8)9)39-61-63(54)69(56)57-40-47(41-59-64(57)71(61)60-38-45(66(4,5)6)33-35-58(60)70-59)68-55-31-20-19-29-51(55)52-30-21-22-43(62(52)68)42-72(48-23-13-10-14-24-48,49-25-15-11-16-26-49)50-27-17-12-18-28-50/h10-41,51,55,71H,42H2,1-9H3. The SMILES string of the molecule is CC(C)(C)c1ccc2c(c1)[SH]1c3c(cc(N4c5c(CS(c6ccccc6)(c6ccccc6)c6ccccc6)cccc5C5C=CC=CC54)cc3-n3c4ccc(C(C)(C)C)cc4c4cc(C(C)(C)C)cc1c43)O2. The molecule has 360 valence electrons. The summed E-state index contributed by atoms with van der Waals surface area (Å²) in [6.07, 6.45) is 9.37. The van der Waals surface area contributed by atoms with E-state index in [0.29, 0.717) is 0 Å². The van der Waals surface area contributed by atoms with E-state index in [1.807, 2.05) is 0 Å². The van der Waals surface area contributed by atoms with E-state index in [0.717, 1.165) is 22.9 Å². The third-order valence-electron chi connectivity index (χ3n) is 15.8. The molecule has 72 heavy (non-hydrogen) atoms. The van der Waals surface area contributed by atoms with Crippen LogP contribution in [-0.4, -0.2) is 10.6 Å². The minimum atomic E-state index is -1.81. The molecule has 3 unspecified atom stereocenters. The van der Waals surface area contributed by atoms with E-state index in [1.54, 1.807) is 0 Å². The number of hydrogen-bond donors (Lipinski definition) is 1. The van der Waals surface area contributed by atoms with Crippen molar-refractivity contribution in [3.8, 4) is 17.2 Å². The van der Waals surface area contributed by atoms with Gasteiger partial charge in [-0.2, -0.15) is 20.9 Å². The van der Waals surface area contributed by atoms with Crippen LogP contribution in [0, 0.1) is 0 Å². The molecule has 5 heteroatoms. The maximum absolute atomic E-state index is 7.41. The van der Waals surface area contributed by atoms with Crippen molar-refractivity contribution < 1.29 is 4.74 Å². The molecule has 1 aliphatic carbocycles. The van der Waals surface area contributed by atoms with Crippen molar-refractivity contribution in [2.45, 2.75) is 126 Å². The van der Waals surface area contributed by atoms with Gasteiger partial charge in [0.25, 0.3) is 0 Å². The van der Waals surface area contributed by atoms with E-state index in [2.05, 4.69) is 266 Å². The fourth-order valence-corrected chi connectivity index (χ4v) is 18.7. The molecule has 9 aromatic rings. The monoisotopic (exact) mass is 976 g/mol. The molecule has 4 aliphatic rings. The predicted molar refractivity (Wildman–Crippen MR) is 306 cm³/mol. The highest BCUT2D eigenvalue weighted by molar-refractivity contribution is 8.33. The van der Waals surface area contributed by atoms with Crippen LogP contribution in [0.3, 0.4) is 0 Å². The van der Waals surface area contributed by atoms with E-state index in [4.69, 9.17) is 4.74 Å². The van der Waals surface area contributed by atoms with Crippen molar-refractivity contribution in [3.05, 3.63) is 222 Å². The van der Waals surface area contributed by atoms with E-state index in [-0.39, 0.29) is 28.2 Å². The van der Waals surface area contributed by atoms with Crippen LogP contribution >= 0.6 is 20.9 Å². The Hall–Kier alpha value is -6.66. The molecule has 0 saturated heterocycles. The van der Waals surface area contributed by atoms with E-state index in [1.165, 1.54) is 90.4 Å². The van der Waals surface area contributed by atoms with Crippen LogP contribution in [0.1, 0.15) is 96.0 Å². The smallest absolute Gasteiger partial charge is 0.144 e. The molecule has 0 amide bonds. The molecule has 0 saturated carbocycles. The minimum absolute atomic E-state index is 0.00261. The fraction of sp³-hybridized carbons (Fsp3) is 0.224. The Morgan fingerprint density at radius 3 is 1.75 bits per heavy atom. The molecule has 1 aromatic heterocycles. The lowest BCUT2D eigenvalue weighted by atomic mass is 9.85. The first-order chi connectivity index (χ1) is 34.6. The highest BCUT2D eigenvalue weighted by Crippen LogP contribution is 2.72. The van der Waals surface area contributed by atoms with Crippen LogP contribution in [-0.2, 0) is 22.0 Å². The highest BCUT2D eigenvalue weighted by atomic mass is 32.3. The van der Waals surface area contributed by atoms with Gasteiger partial charge in [-0.3, -0.25) is 0 Å². The lowest BCUT2D eigenvalue weighted by Gasteiger charge is -2.43. The second-order valence-electron chi connectivity index (χ2n) is 23.5. The van der Waals surface area contributed by atoms with Gasteiger partial charge >= 0.3 is 0 Å². The number of hydrogen-bond acceptors (Lipinski definition) is 2. The van der Waals surface area contributed by atoms with Gasteiger partial charge in [-0.1, -0.05) is 172 Å². The van der Waals surface area contributed by atoms with Crippen molar-refractivity contribution in [2.75, 3.05) is 4.90 Å². The van der Waals surface area contributed by atoms with Gasteiger partial charge in [0.2, 0.25) is 0 Å². The Morgan fingerprint density at radius 1 is 0.528 bits per heavy atom. The quantitative estimate of drug-likeness (QED) is 0.167. The second kappa shape index (κ2) is 16.2. The third-order valence-corrected chi connectivity index (χ3v) is 22.4.